The molecule has 2 heterocycles. The molecule has 26 heavy (non-hydrogen) atoms. The summed E-state index contributed by atoms with van der Waals surface area (Å²) in [5, 5.41) is 0.112. The maximum atomic E-state index is 13.1. The van der Waals surface area contributed by atoms with E-state index in [1.807, 2.05) is 30.3 Å². The van der Waals surface area contributed by atoms with Crippen LogP contribution in [0, 0.1) is 5.92 Å². The van der Waals surface area contributed by atoms with E-state index in [-0.39, 0.29) is 17.2 Å². The fraction of sp³-hybridized carbons (Fsp3) is 0.526. The fourth-order valence-electron chi connectivity index (χ4n) is 3.57. The van der Waals surface area contributed by atoms with E-state index in [0.717, 1.165) is 18.6 Å². The second-order valence-corrected chi connectivity index (χ2v) is 9.19. The molecule has 0 N–H and O–H groups in total. The van der Waals surface area contributed by atoms with Crippen LogP contribution in [0.25, 0.3) is 0 Å². The van der Waals surface area contributed by atoms with E-state index in [4.69, 9.17) is 4.74 Å². The minimum Gasteiger partial charge on any atom is -0.376 e. The van der Waals surface area contributed by atoms with Crippen molar-refractivity contribution in [2.75, 3.05) is 13.2 Å². The number of sulfonamides is 1. The molecule has 7 heteroatoms. The van der Waals surface area contributed by atoms with Crippen LogP contribution >= 0.6 is 0 Å². The summed E-state index contributed by atoms with van der Waals surface area (Å²) in [7, 11) is -1.84. The van der Waals surface area contributed by atoms with Gasteiger partial charge in [0.2, 0.25) is 0 Å². The van der Waals surface area contributed by atoms with Crippen LogP contribution < -0.4 is 0 Å². The molecule has 1 saturated heterocycles. The SMILES string of the molecule is Cn1cnc(S(=O)(=O)N2CC[C@@H](OCC3CC3)[C@@H]2Cc2ccccc2)c1. The van der Waals surface area contributed by atoms with Crippen molar-refractivity contribution in [2.24, 2.45) is 13.0 Å². The Labute approximate surface area is 154 Å². The molecule has 0 unspecified atom stereocenters. The number of benzene rings is 1. The van der Waals surface area contributed by atoms with E-state index in [2.05, 4.69) is 4.98 Å². The van der Waals surface area contributed by atoms with Gasteiger partial charge in [-0.25, -0.2) is 13.4 Å². The summed E-state index contributed by atoms with van der Waals surface area (Å²) in [6, 6.07) is 9.85. The predicted octanol–water partition coefficient (Wildman–Crippen LogP) is 2.22. The Morgan fingerprint density at radius 1 is 1.19 bits per heavy atom. The second-order valence-electron chi connectivity index (χ2n) is 7.35. The number of nitrogens with zero attached hydrogens (tertiary/aromatic N) is 3. The number of hydrogen-bond donors (Lipinski definition) is 0. The van der Waals surface area contributed by atoms with Gasteiger partial charge in [0.25, 0.3) is 10.0 Å². The first-order valence-corrected chi connectivity index (χ1v) is 10.6. The minimum atomic E-state index is -3.62. The predicted molar refractivity (Wildman–Crippen MR) is 98.1 cm³/mol. The summed E-state index contributed by atoms with van der Waals surface area (Å²) in [5.74, 6) is 0.661. The van der Waals surface area contributed by atoms with Gasteiger partial charge < -0.3 is 9.30 Å². The molecule has 1 aromatic carbocycles. The average molecular weight is 375 g/mol. The van der Waals surface area contributed by atoms with Crippen molar-refractivity contribution >= 4 is 10.0 Å². The van der Waals surface area contributed by atoms with E-state index in [1.54, 1.807) is 22.1 Å². The number of rotatable bonds is 7. The Morgan fingerprint density at radius 2 is 1.96 bits per heavy atom. The summed E-state index contributed by atoms with van der Waals surface area (Å²) in [6.07, 6.45) is 6.87. The fourth-order valence-corrected chi connectivity index (χ4v) is 5.20. The molecule has 1 aliphatic carbocycles. The number of aromatic nitrogens is 2. The van der Waals surface area contributed by atoms with Gasteiger partial charge in [0.15, 0.2) is 5.03 Å². The molecule has 1 aromatic heterocycles. The lowest BCUT2D eigenvalue weighted by molar-refractivity contribution is 0.0305. The zero-order chi connectivity index (χ0) is 18.1. The second kappa shape index (κ2) is 7.13. The third kappa shape index (κ3) is 3.70. The first-order chi connectivity index (χ1) is 12.5. The van der Waals surface area contributed by atoms with Crippen LogP contribution in [0.15, 0.2) is 47.9 Å². The molecule has 4 rings (SSSR count). The molecular formula is C19H25N3O3S. The molecule has 2 atom stereocenters. The molecule has 2 aliphatic rings. The van der Waals surface area contributed by atoms with Gasteiger partial charge in [-0.2, -0.15) is 4.31 Å². The Hall–Kier alpha value is -1.70. The van der Waals surface area contributed by atoms with Crippen LogP contribution in [0.1, 0.15) is 24.8 Å². The monoisotopic (exact) mass is 375 g/mol. The van der Waals surface area contributed by atoms with Crippen LogP contribution in [0.5, 0.6) is 0 Å². The summed E-state index contributed by atoms with van der Waals surface area (Å²) >= 11 is 0. The molecule has 140 valence electrons. The van der Waals surface area contributed by atoms with Crippen LogP contribution in [-0.4, -0.2) is 47.6 Å². The zero-order valence-electron chi connectivity index (χ0n) is 15.0. The van der Waals surface area contributed by atoms with Crippen LogP contribution in [0.4, 0.5) is 0 Å². The van der Waals surface area contributed by atoms with Crippen LogP contribution in [0.3, 0.4) is 0 Å². The molecule has 2 fully saturated rings. The number of imidazole rings is 1. The highest BCUT2D eigenvalue weighted by Gasteiger charge is 2.43. The highest BCUT2D eigenvalue weighted by molar-refractivity contribution is 7.89. The number of hydrogen-bond acceptors (Lipinski definition) is 4. The van der Waals surface area contributed by atoms with E-state index in [0.29, 0.717) is 18.9 Å². The summed E-state index contributed by atoms with van der Waals surface area (Å²) in [5.41, 5.74) is 1.13. The third-order valence-corrected chi connectivity index (χ3v) is 7.03. The Balaban J connectivity index is 1.58. The van der Waals surface area contributed by atoms with Gasteiger partial charge in [0.05, 0.1) is 18.5 Å². The normalized spacial score (nSPS) is 24.2. The average Bonchev–Trinajstić information content (AvgIpc) is 3.21. The van der Waals surface area contributed by atoms with Gasteiger partial charge in [-0.15, -0.1) is 0 Å². The Morgan fingerprint density at radius 3 is 2.62 bits per heavy atom. The Bertz CT molecular complexity index is 846. The van der Waals surface area contributed by atoms with Gasteiger partial charge in [-0.3, -0.25) is 0 Å². The van der Waals surface area contributed by atoms with Gasteiger partial charge in [-0.05, 0) is 37.2 Å². The van der Waals surface area contributed by atoms with Crippen molar-refractivity contribution in [2.45, 2.75) is 42.9 Å². The molecule has 0 spiro atoms. The molecule has 0 amide bonds. The van der Waals surface area contributed by atoms with Crippen LogP contribution in [-0.2, 0) is 28.2 Å². The van der Waals surface area contributed by atoms with E-state index < -0.39 is 10.0 Å². The maximum absolute atomic E-state index is 13.1. The smallest absolute Gasteiger partial charge is 0.262 e. The van der Waals surface area contributed by atoms with E-state index in [1.165, 1.54) is 19.2 Å². The molecular weight excluding hydrogens is 350 g/mol. The maximum Gasteiger partial charge on any atom is 0.262 e. The van der Waals surface area contributed by atoms with Crippen molar-refractivity contribution in [3.05, 3.63) is 48.4 Å². The Kier molecular flexibility index (Phi) is 4.86. The van der Waals surface area contributed by atoms with Crippen molar-refractivity contribution in [3.8, 4) is 0 Å². The van der Waals surface area contributed by atoms with Gasteiger partial charge in [0, 0.05) is 26.4 Å². The first kappa shape index (κ1) is 17.7. The lowest BCUT2D eigenvalue weighted by Crippen LogP contribution is -2.42. The standard InChI is InChI=1S/C19H25N3O3S/c1-21-12-19(20-14-21)26(23,24)22-10-9-18(25-13-16-7-8-16)17(22)11-15-5-3-2-4-6-15/h2-6,12,14,16-18H,7-11,13H2,1H3/t17-,18+/m0/s1. The zero-order valence-corrected chi connectivity index (χ0v) is 15.8. The molecule has 0 bridgehead atoms. The van der Waals surface area contributed by atoms with Crippen molar-refractivity contribution in [1.82, 2.24) is 13.9 Å². The topological polar surface area (TPSA) is 64.4 Å². The van der Waals surface area contributed by atoms with Gasteiger partial charge in [0.1, 0.15) is 0 Å². The summed E-state index contributed by atoms with van der Waals surface area (Å²) in [6.45, 7) is 1.22. The van der Waals surface area contributed by atoms with Gasteiger partial charge in [-0.1, -0.05) is 30.3 Å². The van der Waals surface area contributed by atoms with Crippen LogP contribution in [0.2, 0.25) is 0 Å². The van der Waals surface area contributed by atoms with E-state index >= 15 is 0 Å². The van der Waals surface area contributed by atoms with Crippen molar-refractivity contribution in [3.63, 3.8) is 0 Å². The number of ether oxygens (including phenoxy) is 1. The van der Waals surface area contributed by atoms with Crippen molar-refractivity contribution in [1.29, 1.82) is 0 Å². The van der Waals surface area contributed by atoms with Gasteiger partial charge >= 0.3 is 0 Å². The van der Waals surface area contributed by atoms with E-state index in [9.17, 15) is 8.42 Å². The number of aryl methyl sites for hydroxylation is 1. The largest absolute Gasteiger partial charge is 0.376 e. The third-order valence-electron chi connectivity index (χ3n) is 5.22. The summed E-state index contributed by atoms with van der Waals surface area (Å²) < 4.78 is 35.7. The quantitative estimate of drug-likeness (QED) is 0.744. The molecule has 1 saturated carbocycles. The first-order valence-electron chi connectivity index (χ1n) is 9.19. The highest BCUT2D eigenvalue weighted by atomic mass is 32.2. The lowest BCUT2D eigenvalue weighted by Gasteiger charge is -2.27. The molecule has 2 aromatic rings. The molecule has 0 radical (unpaired) electrons. The van der Waals surface area contributed by atoms with Crippen molar-refractivity contribution < 1.29 is 13.2 Å². The lowest BCUT2D eigenvalue weighted by atomic mass is 10.0. The highest BCUT2D eigenvalue weighted by Crippen LogP contribution is 2.33. The molecule has 6 nitrogen and oxygen atoms in total. The summed E-state index contributed by atoms with van der Waals surface area (Å²) in [4.78, 5) is 4.08. The minimum absolute atomic E-state index is 0.0608. The molecule has 1 aliphatic heterocycles.